The fraction of sp³-hybridized carbons (Fsp3) is 0.333. The van der Waals surface area contributed by atoms with Gasteiger partial charge in [0.15, 0.2) is 0 Å². The first-order valence-corrected chi connectivity index (χ1v) is 7.46. The average Bonchev–Trinajstić information content (AvgIpc) is 2.50. The van der Waals surface area contributed by atoms with Crippen molar-refractivity contribution in [2.75, 3.05) is 0 Å². The fourth-order valence-electron chi connectivity index (χ4n) is 2.22. The van der Waals surface area contributed by atoms with Gasteiger partial charge in [-0.05, 0) is 30.0 Å². The van der Waals surface area contributed by atoms with Crippen molar-refractivity contribution in [1.82, 2.24) is 9.88 Å². The van der Waals surface area contributed by atoms with Crippen LogP contribution >= 0.6 is 0 Å². The number of aromatic nitrogens is 1. The zero-order valence-corrected chi connectivity index (χ0v) is 13.5. The van der Waals surface area contributed by atoms with E-state index < -0.39 is 0 Å². The molecule has 1 atom stereocenters. The van der Waals surface area contributed by atoms with E-state index in [2.05, 4.69) is 31.3 Å². The normalized spacial score (nSPS) is 12.2. The second-order valence-electron chi connectivity index (χ2n) is 5.88. The van der Waals surface area contributed by atoms with Crippen molar-refractivity contribution in [1.29, 1.82) is 0 Å². The summed E-state index contributed by atoms with van der Waals surface area (Å²) in [6.45, 7) is 6.23. The lowest BCUT2D eigenvalue weighted by Gasteiger charge is -2.15. The van der Waals surface area contributed by atoms with Gasteiger partial charge >= 0.3 is 0 Å². The first kappa shape index (κ1) is 16.0. The van der Waals surface area contributed by atoms with Crippen LogP contribution in [-0.2, 0) is 7.05 Å². The lowest BCUT2D eigenvalue weighted by Crippen LogP contribution is -2.28. The number of hydrogen-bond donors (Lipinski definition) is 1. The zero-order valence-electron chi connectivity index (χ0n) is 13.5. The molecule has 2 aromatic rings. The van der Waals surface area contributed by atoms with Crippen molar-refractivity contribution in [2.24, 2.45) is 7.05 Å². The molecule has 0 fully saturated rings. The second-order valence-corrected chi connectivity index (χ2v) is 5.88. The van der Waals surface area contributed by atoms with Crippen LogP contribution < -0.4 is 10.9 Å². The van der Waals surface area contributed by atoms with E-state index in [0.29, 0.717) is 11.5 Å². The summed E-state index contributed by atoms with van der Waals surface area (Å²) >= 11 is 0. The third-order valence-electron chi connectivity index (χ3n) is 3.82. The van der Waals surface area contributed by atoms with Crippen LogP contribution in [0.3, 0.4) is 0 Å². The molecule has 1 N–H and O–H groups in total. The van der Waals surface area contributed by atoms with E-state index in [-0.39, 0.29) is 17.5 Å². The zero-order chi connectivity index (χ0) is 16.3. The van der Waals surface area contributed by atoms with E-state index in [1.807, 2.05) is 19.1 Å². The van der Waals surface area contributed by atoms with E-state index in [1.54, 1.807) is 19.3 Å². The van der Waals surface area contributed by atoms with Crippen LogP contribution in [0.25, 0.3) is 0 Å². The van der Waals surface area contributed by atoms with Crippen LogP contribution in [0.2, 0.25) is 0 Å². The Kier molecular flexibility index (Phi) is 4.81. The summed E-state index contributed by atoms with van der Waals surface area (Å²) in [6.07, 6.45) is 1.60. The van der Waals surface area contributed by atoms with Crippen molar-refractivity contribution in [3.8, 4) is 0 Å². The molecule has 0 spiro atoms. The standard InChI is InChI=1S/C18H22N2O2/c1-12(2)14-5-7-15(8-6-14)13(3)19-18(22)16-9-10-20(4)17(21)11-16/h5-13H,1-4H3,(H,19,22). The Morgan fingerprint density at radius 1 is 1.05 bits per heavy atom. The molecule has 4 nitrogen and oxygen atoms in total. The molecule has 0 bridgehead atoms. The number of nitrogens with zero attached hydrogens (tertiary/aromatic N) is 1. The van der Waals surface area contributed by atoms with Crippen molar-refractivity contribution >= 4 is 5.91 Å². The minimum atomic E-state index is -0.238. The van der Waals surface area contributed by atoms with Crippen molar-refractivity contribution in [3.63, 3.8) is 0 Å². The molecule has 1 aromatic heterocycles. The van der Waals surface area contributed by atoms with Crippen molar-refractivity contribution in [2.45, 2.75) is 32.7 Å². The predicted octanol–water partition coefficient (Wildman–Crippen LogP) is 3.00. The van der Waals surface area contributed by atoms with Crippen LogP contribution in [0.5, 0.6) is 0 Å². The van der Waals surface area contributed by atoms with Gasteiger partial charge in [-0.3, -0.25) is 9.59 Å². The largest absolute Gasteiger partial charge is 0.346 e. The van der Waals surface area contributed by atoms with E-state index >= 15 is 0 Å². The lowest BCUT2D eigenvalue weighted by atomic mass is 9.99. The maximum atomic E-state index is 12.2. The highest BCUT2D eigenvalue weighted by Crippen LogP contribution is 2.18. The first-order chi connectivity index (χ1) is 10.4. The minimum Gasteiger partial charge on any atom is -0.346 e. The molecule has 1 aromatic carbocycles. The maximum Gasteiger partial charge on any atom is 0.252 e. The Morgan fingerprint density at radius 2 is 1.64 bits per heavy atom. The maximum absolute atomic E-state index is 12.2. The Labute approximate surface area is 130 Å². The molecule has 116 valence electrons. The smallest absolute Gasteiger partial charge is 0.252 e. The summed E-state index contributed by atoms with van der Waals surface area (Å²) in [6, 6.07) is 11.1. The number of rotatable bonds is 4. The average molecular weight is 298 g/mol. The van der Waals surface area contributed by atoms with E-state index in [9.17, 15) is 9.59 Å². The summed E-state index contributed by atoms with van der Waals surface area (Å²) in [4.78, 5) is 23.8. The molecular weight excluding hydrogens is 276 g/mol. The summed E-state index contributed by atoms with van der Waals surface area (Å²) in [5, 5.41) is 2.92. The molecule has 22 heavy (non-hydrogen) atoms. The van der Waals surface area contributed by atoms with Gasteiger partial charge in [-0.25, -0.2) is 0 Å². The van der Waals surface area contributed by atoms with Crippen LogP contribution in [0, 0.1) is 0 Å². The summed E-state index contributed by atoms with van der Waals surface area (Å²) in [7, 11) is 1.66. The Morgan fingerprint density at radius 3 is 2.18 bits per heavy atom. The molecule has 1 amide bonds. The van der Waals surface area contributed by atoms with E-state index in [4.69, 9.17) is 0 Å². The summed E-state index contributed by atoms with van der Waals surface area (Å²) in [5.41, 5.74) is 2.51. The number of benzene rings is 1. The number of carbonyl (C=O) groups is 1. The van der Waals surface area contributed by atoms with Gasteiger partial charge < -0.3 is 9.88 Å². The van der Waals surface area contributed by atoms with Gasteiger partial charge in [0.25, 0.3) is 11.5 Å². The van der Waals surface area contributed by atoms with Crippen LogP contribution in [0.4, 0.5) is 0 Å². The second kappa shape index (κ2) is 6.60. The molecule has 0 saturated carbocycles. The molecule has 0 radical (unpaired) electrons. The number of amides is 1. The lowest BCUT2D eigenvalue weighted by molar-refractivity contribution is 0.0939. The van der Waals surface area contributed by atoms with Gasteiger partial charge in [0, 0.05) is 24.9 Å². The van der Waals surface area contributed by atoms with Crippen LogP contribution in [-0.4, -0.2) is 10.5 Å². The molecule has 0 aliphatic rings. The Hall–Kier alpha value is -2.36. The van der Waals surface area contributed by atoms with Gasteiger partial charge in [0.1, 0.15) is 0 Å². The highest BCUT2D eigenvalue weighted by atomic mass is 16.2. The van der Waals surface area contributed by atoms with Gasteiger partial charge in [-0.2, -0.15) is 0 Å². The van der Waals surface area contributed by atoms with Crippen molar-refractivity contribution in [3.05, 3.63) is 69.6 Å². The Balaban J connectivity index is 2.10. The van der Waals surface area contributed by atoms with Crippen molar-refractivity contribution < 1.29 is 4.79 Å². The highest BCUT2D eigenvalue weighted by molar-refractivity contribution is 5.94. The molecule has 0 saturated heterocycles. The third kappa shape index (κ3) is 3.64. The third-order valence-corrected chi connectivity index (χ3v) is 3.82. The molecule has 0 aliphatic heterocycles. The number of hydrogen-bond acceptors (Lipinski definition) is 2. The number of carbonyl (C=O) groups excluding carboxylic acids is 1. The predicted molar refractivity (Wildman–Crippen MR) is 88.1 cm³/mol. The molecule has 2 rings (SSSR count). The first-order valence-electron chi connectivity index (χ1n) is 7.46. The van der Waals surface area contributed by atoms with Gasteiger partial charge in [-0.15, -0.1) is 0 Å². The topological polar surface area (TPSA) is 51.1 Å². The quantitative estimate of drug-likeness (QED) is 0.943. The van der Waals surface area contributed by atoms with Gasteiger partial charge in [0.05, 0.1) is 6.04 Å². The van der Waals surface area contributed by atoms with Crippen LogP contribution in [0.15, 0.2) is 47.4 Å². The van der Waals surface area contributed by atoms with E-state index in [1.165, 1.54) is 16.2 Å². The van der Waals surface area contributed by atoms with Gasteiger partial charge in [-0.1, -0.05) is 38.1 Å². The number of pyridine rings is 1. The van der Waals surface area contributed by atoms with Crippen LogP contribution in [0.1, 0.15) is 54.2 Å². The molecule has 1 heterocycles. The SMILES string of the molecule is CC(C)c1ccc(C(C)NC(=O)c2ccn(C)c(=O)c2)cc1. The van der Waals surface area contributed by atoms with E-state index in [0.717, 1.165) is 5.56 Å². The Bertz CT molecular complexity index is 715. The minimum absolute atomic E-state index is 0.113. The fourth-order valence-corrected chi connectivity index (χ4v) is 2.22. The monoisotopic (exact) mass is 298 g/mol. The molecule has 0 aliphatic carbocycles. The summed E-state index contributed by atoms with van der Waals surface area (Å²) < 4.78 is 1.44. The molecule has 1 unspecified atom stereocenters. The molecule has 4 heteroatoms. The van der Waals surface area contributed by atoms with Gasteiger partial charge in [0.2, 0.25) is 0 Å². The number of nitrogens with one attached hydrogen (secondary N) is 1. The number of aryl methyl sites for hydroxylation is 1. The highest BCUT2D eigenvalue weighted by Gasteiger charge is 2.12. The molecular formula is C18H22N2O2. The summed E-state index contributed by atoms with van der Waals surface area (Å²) in [5.74, 6) is 0.248.